The Bertz CT molecular complexity index is 794. The van der Waals surface area contributed by atoms with Crippen molar-refractivity contribution in [2.24, 2.45) is 0 Å². The lowest BCUT2D eigenvalue weighted by Crippen LogP contribution is -2.40. The van der Waals surface area contributed by atoms with Crippen LogP contribution in [-0.4, -0.2) is 73.4 Å². The number of thiophene rings is 1. The second-order valence-corrected chi connectivity index (χ2v) is 7.78. The molecule has 150 valence electrons. The first kappa shape index (κ1) is 20.4. The maximum atomic E-state index is 12.7. The van der Waals surface area contributed by atoms with Gasteiger partial charge in [0.25, 0.3) is 5.91 Å². The number of carbonyl (C=O) groups is 2. The van der Waals surface area contributed by atoms with Crippen molar-refractivity contribution >= 4 is 23.2 Å². The third kappa shape index (κ3) is 5.11. The van der Waals surface area contributed by atoms with Crippen LogP contribution in [-0.2, 0) is 11.3 Å². The highest BCUT2D eigenvalue weighted by molar-refractivity contribution is 7.08. The summed E-state index contributed by atoms with van der Waals surface area (Å²) in [6.07, 6.45) is 0.874. The monoisotopic (exact) mass is 401 g/mol. The molecule has 1 fully saturated rings. The van der Waals surface area contributed by atoms with Crippen molar-refractivity contribution in [1.29, 1.82) is 0 Å². The van der Waals surface area contributed by atoms with Crippen molar-refractivity contribution in [3.63, 3.8) is 0 Å². The second kappa shape index (κ2) is 9.71. The van der Waals surface area contributed by atoms with E-state index in [0.29, 0.717) is 26.2 Å². The third-order valence-electron chi connectivity index (χ3n) is 5.03. The normalized spacial score (nSPS) is 15.1. The number of hydrogen-bond donors (Lipinski definition) is 0. The van der Waals surface area contributed by atoms with Crippen molar-refractivity contribution in [3.8, 4) is 5.75 Å². The molecule has 0 bridgehead atoms. The van der Waals surface area contributed by atoms with E-state index in [9.17, 15) is 9.59 Å². The Balaban J connectivity index is 1.52. The fourth-order valence-electron chi connectivity index (χ4n) is 3.39. The van der Waals surface area contributed by atoms with E-state index in [1.807, 2.05) is 53.0 Å². The molecule has 6 nitrogen and oxygen atoms in total. The lowest BCUT2D eigenvalue weighted by molar-refractivity contribution is -0.131. The van der Waals surface area contributed by atoms with Crippen molar-refractivity contribution in [2.75, 3.05) is 46.9 Å². The van der Waals surface area contributed by atoms with Crippen LogP contribution in [0.25, 0.3) is 0 Å². The molecule has 0 unspecified atom stereocenters. The second-order valence-electron chi connectivity index (χ2n) is 7.00. The average molecular weight is 402 g/mol. The summed E-state index contributed by atoms with van der Waals surface area (Å²) >= 11 is 1.54. The fourth-order valence-corrected chi connectivity index (χ4v) is 4.02. The quantitative estimate of drug-likeness (QED) is 0.747. The Morgan fingerprint density at radius 3 is 2.71 bits per heavy atom. The fraction of sp³-hybridized carbons (Fsp3) is 0.429. The summed E-state index contributed by atoms with van der Waals surface area (Å²) in [7, 11) is 3.46. The van der Waals surface area contributed by atoms with E-state index in [1.54, 1.807) is 12.0 Å². The van der Waals surface area contributed by atoms with Crippen LogP contribution in [0.1, 0.15) is 22.3 Å². The summed E-state index contributed by atoms with van der Waals surface area (Å²) in [5.41, 5.74) is 1.75. The average Bonchev–Trinajstić information content (AvgIpc) is 3.15. The van der Waals surface area contributed by atoms with Crippen LogP contribution < -0.4 is 4.74 Å². The topological polar surface area (TPSA) is 53.1 Å². The van der Waals surface area contributed by atoms with Crippen LogP contribution in [0.3, 0.4) is 0 Å². The van der Waals surface area contributed by atoms with Gasteiger partial charge in [0.1, 0.15) is 5.75 Å². The highest BCUT2D eigenvalue weighted by Crippen LogP contribution is 2.19. The summed E-state index contributed by atoms with van der Waals surface area (Å²) in [5, 5.41) is 3.81. The Labute approximate surface area is 170 Å². The number of benzene rings is 1. The van der Waals surface area contributed by atoms with Gasteiger partial charge in [-0.3, -0.25) is 14.5 Å². The summed E-state index contributed by atoms with van der Waals surface area (Å²) in [5.74, 6) is 0.950. The standard InChI is InChI=1S/C21H27N3O3S/c1-22(14-17-6-3-4-7-19(17)27-2)20(25)15-23-9-5-10-24(12-11-23)21(26)18-8-13-28-16-18/h3-4,6-8,13,16H,5,9-12,14-15H2,1-2H3. The minimum Gasteiger partial charge on any atom is -0.496 e. The van der Waals surface area contributed by atoms with Gasteiger partial charge in [-0.2, -0.15) is 11.3 Å². The number of carbonyl (C=O) groups excluding carboxylic acids is 2. The molecule has 0 atom stereocenters. The number of nitrogens with zero attached hydrogens (tertiary/aromatic N) is 3. The number of para-hydroxylation sites is 1. The number of rotatable bonds is 6. The molecule has 0 N–H and O–H groups in total. The molecule has 0 aliphatic carbocycles. The van der Waals surface area contributed by atoms with E-state index >= 15 is 0 Å². The molecular weight excluding hydrogens is 374 g/mol. The molecule has 3 rings (SSSR count). The Morgan fingerprint density at radius 1 is 1.14 bits per heavy atom. The van der Waals surface area contributed by atoms with E-state index in [-0.39, 0.29) is 11.8 Å². The van der Waals surface area contributed by atoms with Gasteiger partial charge in [-0.05, 0) is 23.9 Å². The number of hydrogen-bond acceptors (Lipinski definition) is 5. The molecule has 1 aromatic carbocycles. The summed E-state index contributed by atoms with van der Waals surface area (Å²) < 4.78 is 5.37. The first-order chi connectivity index (χ1) is 13.6. The third-order valence-corrected chi connectivity index (χ3v) is 5.71. The van der Waals surface area contributed by atoms with Crippen molar-refractivity contribution in [2.45, 2.75) is 13.0 Å². The van der Waals surface area contributed by atoms with Crippen LogP contribution in [0.4, 0.5) is 0 Å². The molecule has 0 spiro atoms. The van der Waals surface area contributed by atoms with Gasteiger partial charge >= 0.3 is 0 Å². The Hall–Kier alpha value is -2.38. The van der Waals surface area contributed by atoms with Gasteiger partial charge in [-0.15, -0.1) is 0 Å². The van der Waals surface area contributed by atoms with Crippen LogP contribution in [0.2, 0.25) is 0 Å². The Kier molecular flexibility index (Phi) is 7.06. The van der Waals surface area contributed by atoms with Gasteiger partial charge < -0.3 is 14.5 Å². The predicted molar refractivity (Wildman–Crippen MR) is 111 cm³/mol. The van der Waals surface area contributed by atoms with Gasteiger partial charge in [0, 0.05) is 50.7 Å². The van der Waals surface area contributed by atoms with Crippen molar-refractivity contribution in [1.82, 2.24) is 14.7 Å². The predicted octanol–water partition coefficient (Wildman–Crippen LogP) is 2.56. The summed E-state index contributed by atoms with van der Waals surface area (Å²) in [6.45, 7) is 3.80. The highest BCUT2D eigenvalue weighted by atomic mass is 32.1. The van der Waals surface area contributed by atoms with Crippen LogP contribution in [0.15, 0.2) is 41.1 Å². The first-order valence-electron chi connectivity index (χ1n) is 9.48. The van der Waals surface area contributed by atoms with Gasteiger partial charge in [0.15, 0.2) is 0 Å². The Morgan fingerprint density at radius 2 is 1.96 bits per heavy atom. The molecule has 2 aromatic rings. The van der Waals surface area contributed by atoms with Gasteiger partial charge in [-0.25, -0.2) is 0 Å². The highest BCUT2D eigenvalue weighted by Gasteiger charge is 2.22. The van der Waals surface area contributed by atoms with Crippen LogP contribution in [0.5, 0.6) is 5.75 Å². The van der Waals surface area contributed by atoms with Gasteiger partial charge in [0.2, 0.25) is 5.91 Å². The first-order valence-corrected chi connectivity index (χ1v) is 10.4. The SMILES string of the molecule is COc1ccccc1CN(C)C(=O)CN1CCCN(C(=O)c2ccsc2)CC1. The van der Waals surface area contributed by atoms with Crippen LogP contribution in [0, 0.1) is 0 Å². The summed E-state index contributed by atoms with van der Waals surface area (Å²) in [4.78, 5) is 31.0. The maximum absolute atomic E-state index is 12.7. The minimum atomic E-state index is 0.0727. The molecule has 1 aliphatic rings. The van der Waals surface area contributed by atoms with E-state index in [2.05, 4.69) is 4.90 Å². The van der Waals surface area contributed by atoms with E-state index in [0.717, 1.165) is 36.4 Å². The number of ether oxygens (including phenoxy) is 1. The molecule has 1 aliphatic heterocycles. The summed E-state index contributed by atoms with van der Waals surface area (Å²) in [6, 6.07) is 9.62. The van der Waals surface area contributed by atoms with E-state index in [1.165, 1.54) is 11.3 Å². The zero-order chi connectivity index (χ0) is 19.9. The maximum Gasteiger partial charge on any atom is 0.254 e. The lowest BCUT2D eigenvalue weighted by Gasteiger charge is -2.24. The number of likely N-dealkylation sites (N-methyl/N-ethyl adjacent to an activating group) is 1. The lowest BCUT2D eigenvalue weighted by atomic mass is 10.2. The zero-order valence-corrected chi connectivity index (χ0v) is 17.3. The molecule has 0 saturated carbocycles. The number of amides is 2. The zero-order valence-electron chi connectivity index (χ0n) is 16.5. The smallest absolute Gasteiger partial charge is 0.254 e. The van der Waals surface area contributed by atoms with E-state index < -0.39 is 0 Å². The molecule has 28 heavy (non-hydrogen) atoms. The molecular formula is C21H27N3O3S. The molecule has 0 radical (unpaired) electrons. The largest absolute Gasteiger partial charge is 0.496 e. The molecule has 2 heterocycles. The van der Waals surface area contributed by atoms with Gasteiger partial charge in [-0.1, -0.05) is 18.2 Å². The molecule has 2 amide bonds. The van der Waals surface area contributed by atoms with E-state index in [4.69, 9.17) is 4.74 Å². The molecule has 1 aromatic heterocycles. The van der Waals surface area contributed by atoms with Gasteiger partial charge in [0.05, 0.1) is 19.2 Å². The van der Waals surface area contributed by atoms with Crippen molar-refractivity contribution < 1.29 is 14.3 Å². The molecule has 1 saturated heterocycles. The number of methoxy groups -OCH3 is 1. The molecule has 7 heteroatoms. The van der Waals surface area contributed by atoms with Crippen molar-refractivity contribution in [3.05, 3.63) is 52.2 Å². The minimum absolute atomic E-state index is 0.0727. The van der Waals surface area contributed by atoms with Crippen LogP contribution >= 0.6 is 11.3 Å².